The molecule has 0 saturated heterocycles. The Kier molecular flexibility index (Phi) is 3.35. The summed E-state index contributed by atoms with van der Waals surface area (Å²) < 4.78 is 0.986. The van der Waals surface area contributed by atoms with Gasteiger partial charge in [0.15, 0.2) is 0 Å². The molecule has 0 aromatic rings. The summed E-state index contributed by atoms with van der Waals surface area (Å²) in [6, 6.07) is 1.05. The van der Waals surface area contributed by atoms with Crippen LogP contribution >= 0.6 is 0 Å². The van der Waals surface area contributed by atoms with Crippen molar-refractivity contribution in [3.63, 3.8) is 0 Å². The lowest BCUT2D eigenvalue weighted by atomic mass is 10.1. The second-order valence-electron chi connectivity index (χ2n) is 4.15. The summed E-state index contributed by atoms with van der Waals surface area (Å²) in [5.41, 5.74) is 0. The van der Waals surface area contributed by atoms with Crippen molar-refractivity contribution in [2.24, 2.45) is 0 Å². The summed E-state index contributed by atoms with van der Waals surface area (Å²) in [5, 5.41) is 0. The number of likely N-dealkylation sites (N-methyl/N-ethyl adjacent to an activating group) is 1. The van der Waals surface area contributed by atoms with E-state index in [9.17, 15) is 0 Å². The van der Waals surface area contributed by atoms with Crippen LogP contribution in [0.2, 0.25) is 0 Å². The van der Waals surface area contributed by atoms with E-state index in [1.54, 1.807) is 0 Å². The summed E-state index contributed by atoms with van der Waals surface area (Å²) in [7, 11) is 4.55. The van der Waals surface area contributed by atoms with Crippen molar-refractivity contribution < 1.29 is 16.9 Å². The molecule has 14 heavy (non-hydrogen) atoms. The molecule has 1 nitrogen and oxygen atoms in total. The van der Waals surface area contributed by atoms with Crippen molar-refractivity contribution in [3.8, 4) is 0 Å². The van der Waals surface area contributed by atoms with Crippen LogP contribution in [0.4, 0.5) is 0 Å². The number of allylic oxidation sites excluding steroid dienone is 4. The first-order chi connectivity index (χ1) is 6.21. The van der Waals surface area contributed by atoms with Gasteiger partial charge in [0.2, 0.25) is 0 Å². The molecule has 0 spiro atoms. The van der Waals surface area contributed by atoms with E-state index in [4.69, 9.17) is 0 Å². The van der Waals surface area contributed by atoms with Crippen molar-refractivity contribution in [2.45, 2.75) is 12.1 Å². The molecule has 0 aromatic heterocycles. The van der Waals surface area contributed by atoms with E-state index < -0.39 is 0 Å². The predicted molar refractivity (Wildman–Crippen MR) is 56.2 cm³/mol. The molecule has 2 aliphatic rings. The molecule has 0 fully saturated rings. The quantitative estimate of drug-likeness (QED) is 0.515. The largest absolute Gasteiger partial charge is 1.00 e. The maximum absolute atomic E-state index is 2.27. The van der Waals surface area contributed by atoms with Gasteiger partial charge < -0.3 is 16.9 Å². The van der Waals surface area contributed by atoms with Gasteiger partial charge in [0.05, 0.1) is 14.1 Å². The molecular weight excluding hydrogens is 194 g/mol. The molecule has 0 amide bonds. The van der Waals surface area contributed by atoms with E-state index in [-0.39, 0.29) is 12.4 Å². The lowest BCUT2D eigenvalue weighted by Gasteiger charge is -2.38. The van der Waals surface area contributed by atoms with Gasteiger partial charge in [-0.1, -0.05) is 24.3 Å². The molecule has 0 aromatic carbocycles. The molecule has 0 atom stereocenters. The first-order valence-electron chi connectivity index (χ1n) is 4.74. The highest BCUT2D eigenvalue weighted by molar-refractivity contribution is 5.23. The predicted octanol–water partition coefficient (Wildman–Crippen LogP) is -0.944. The Bertz CT molecular complexity index is 256. The van der Waals surface area contributed by atoms with Crippen LogP contribution in [0.1, 0.15) is 0 Å². The molecule has 0 aliphatic heterocycles. The lowest BCUT2D eigenvalue weighted by molar-refractivity contribution is -0.913. The van der Waals surface area contributed by atoms with Crippen molar-refractivity contribution in [1.82, 2.24) is 0 Å². The minimum atomic E-state index is 0. The van der Waals surface area contributed by atoms with Crippen molar-refractivity contribution in [3.05, 3.63) is 48.6 Å². The number of rotatable bonds is 2. The van der Waals surface area contributed by atoms with Crippen LogP contribution in [-0.4, -0.2) is 30.7 Å². The Balaban J connectivity index is 0.000000980. The zero-order chi connectivity index (χ0) is 9.31. The van der Waals surface area contributed by atoms with Gasteiger partial charge in [-0.3, -0.25) is 0 Å². The molecule has 0 saturated carbocycles. The molecule has 0 radical (unpaired) electrons. The van der Waals surface area contributed by atoms with Crippen LogP contribution in [0.5, 0.6) is 0 Å². The maximum atomic E-state index is 2.27. The number of nitrogens with zero attached hydrogens (tertiary/aromatic N) is 1. The highest BCUT2D eigenvalue weighted by Gasteiger charge is 2.31. The van der Waals surface area contributed by atoms with Crippen LogP contribution in [0.25, 0.3) is 0 Å². The van der Waals surface area contributed by atoms with Crippen molar-refractivity contribution >= 4 is 0 Å². The fraction of sp³-hybridized carbons (Fsp3) is 0.333. The summed E-state index contributed by atoms with van der Waals surface area (Å²) in [4.78, 5) is 0. The Labute approximate surface area is 92.1 Å². The molecule has 2 aliphatic carbocycles. The topological polar surface area (TPSA) is 0 Å². The molecule has 0 heterocycles. The van der Waals surface area contributed by atoms with Gasteiger partial charge in [0.25, 0.3) is 0 Å². The monoisotopic (exact) mass is 209 g/mol. The van der Waals surface area contributed by atoms with E-state index in [0.29, 0.717) is 12.1 Å². The highest BCUT2D eigenvalue weighted by atomic mass is 35.5. The van der Waals surface area contributed by atoms with E-state index in [1.807, 2.05) is 0 Å². The van der Waals surface area contributed by atoms with Crippen LogP contribution in [-0.2, 0) is 0 Å². The standard InChI is InChI=1S/C12H16N.ClH/c1-13(2,11-7-3-4-8-11)12-9-5-6-10-12;/h3-12H,1-2H3;1H/q+1;/p-1. The molecule has 0 bridgehead atoms. The number of hydrogen-bond acceptors (Lipinski definition) is 0. The summed E-state index contributed by atoms with van der Waals surface area (Å²) in [6.45, 7) is 0. The van der Waals surface area contributed by atoms with Gasteiger partial charge in [-0.2, -0.15) is 0 Å². The van der Waals surface area contributed by atoms with Crippen LogP contribution in [0, 0.1) is 0 Å². The maximum Gasteiger partial charge on any atom is 0.127 e. The van der Waals surface area contributed by atoms with Crippen molar-refractivity contribution in [1.29, 1.82) is 0 Å². The van der Waals surface area contributed by atoms with E-state index in [2.05, 4.69) is 62.7 Å². The van der Waals surface area contributed by atoms with Gasteiger partial charge in [0.1, 0.15) is 12.1 Å². The van der Waals surface area contributed by atoms with E-state index in [0.717, 1.165) is 4.48 Å². The van der Waals surface area contributed by atoms with E-state index in [1.165, 1.54) is 0 Å². The number of quaternary nitrogens is 1. The first-order valence-corrected chi connectivity index (χ1v) is 4.74. The minimum absolute atomic E-state index is 0. The molecule has 76 valence electrons. The Morgan fingerprint density at radius 2 is 1.00 bits per heavy atom. The van der Waals surface area contributed by atoms with Gasteiger partial charge in [-0.05, 0) is 24.3 Å². The third-order valence-electron chi connectivity index (χ3n) is 2.99. The Morgan fingerprint density at radius 3 is 1.29 bits per heavy atom. The van der Waals surface area contributed by atoms with Gasteiger partial charge >= 0.3 is 0 Å². The van der Waals surface area contributed by atoms with E-state index >= 15 is 0 Å². The minimum Gasteiger partial charge on any atom is -1.00 e. The Hall–Kier alpha value is -0.790. The number of hydrogen-bond donors (Lipinski definition) is 0. The summed E-state index contributed by atoms with van der Waals surface area (Å²) in [5.74, 6) is 0. The number of halogens is 1. The zero-order valence-electron chi connectivity index (χ0n) is 8.60. The highest BCUT2D eigenvalue weighted by Crippen LogP contribution is 2.22. The normalized spacial score (nSPS) is 20.7. The third-order valence-corrected chi connectivity index (χ3v) is 2.99. The Morgan fingerprint density at radius 1 is 0.714 bits per heavy atom. The van der Waals surface area contributed by atoms with Crippen LogP contribution < -0.4 is 12.4 Å². The van der Waals surface area contributed by atoms with Gasteiger partial charge in [-0.15, -0.1) is 0 Å². The first kappa shape index (κ1) is 11.3. The lowest BCUT2D eigenvalue weighted by Crippen LogP contribution is -3.00. The fourth-order valence-corrected chi connectivity index (χ4v) is 1.93. The average molecular weight is 210 g/mol. The fourth-order valence-electron chi connectivity index (χ4n) is 1.93. The van der Waals surface area contributed by atoms with Gasteiger partial charge in [0, 0.05) is 0 Å². The SMILES string of the molecule is C[N+](C)(C1C=CC=C1)C1C=CC=C1.[Cl-]. The molecule has 0 N–H and O–H groups in total. The zero-order valence-corrected chi connectivity index (χ0v) is 9.35. The smallest absolute Gasteiger partial charge is 0.127 e. The van der Waals surface area contributed by atoms with Gasteiger partial charge in [-0.25, -0.2) is 0 Å². The van der Waals surface area contributed by atoms with Crippen molar-refractivity contribution in [2.75, 3.05) is 14.1 Å². The van der Waals surface area contributed by atoms with Crippen LogP contribution in [0.15, 0.2) is 48.6 Å². The molecular formula is C12H16ClN. The molecule has 2 rings (SSSR count). The van der Waals surface area contributed by atoms with Crippen LogP contribution in [0.3, 0.4) is 0 Å². The molecule has 0 unspecified atom stereocenters. The third kappa shape index (κ3) is 1.84. The second-order valence-corrected chi connectivity index (χ2v) is 4.15. The molecule has 2 heteroatoms. The summed E-state index contributed by atoms with van der Waals surface area (Å²) >= 11 is 0. The summed E-state index contributed by atoms with van der Waals surface area (Å²) in [6.07, 6.45) is 17.6. The second kappa shape index (κ2) is 4.16. The average Bonchev–Trinajstić information content (AvgIpc) is 2.78.